The second-order valence-corrected chi connectivity index (χ2v) is 6.40. The zero-order chi connectivity index (χ0) is 16.9. The van der Waals surface area contributed by atoms with E-state index in [1.165, 1.54) is 18.4 Å². The molecular formula is C16H18N4O3S. The number of ether oxygens (including phenoxy) is 1. The van der Waals surface area contributed by atoms with Gasteiger partial charge in [0.25, 0.3) is 0 Å². The number of anilines is 1. The van der Waals surface area contributed by atoms with E-state index in [1.807, 2.05) is 30.3 Å². The molecule has 0 saturated carbocycles. The zero-order valence-electron chi connectivity index (χ0n) is 13.2. The lowest BCUT2D eigenvalue weighted by atomic mass is 10.2. The van der Waals surface area contributed by atoms with Crippen LogP contribution >= 0.6 is 11.3 Å². The van der Waals surface area contributed by atoms with Crippen molar-refractivity contribution in [3.8, 4) is 0 Å². The number of thiazole rings is 1. The number of carbonyl (C=O) groups is 2. The van der Waals surface area contributed by atoms with Gasteiger partial charge in [-0.25, -0.2) is 14.6 Å². The second kappa shape index (κ2) is 7.31. The van der Waals surface area contributed by atoms with Crippen LogP contribution in [-0.2, 0) is 24.2 Å². The van der Waals surface area contributed by atoms with Gasteiger partial charge in [0.15, 0.2) is 5.13 Å². The molecule has 2 aromatic rings. The average Bonchev–Trinajstić information content (AvgIpc) is 3.01. The molecule has 0 fully saturated rings. The summed E-state index contributed by atoms with van der Waals surface area (Å²) in [6.07, 6.45) is 0.131. The molecule has 1 aromatic heterocycles. The fourth-order valence-electron chi connectivity index (χ4n) is 2.45. The summed E-state index contributed by atoms with van der Waals surface area (Å²) in [5.74, 6) is 0. The van der Waals surface area contributed by atoms with Gasteiger partial charge in [-0.15, -0.1) is 0 Å². The molecule has 2 heterocycles. The predicted molar refractivity (Wildman–Crippen MR) is 90.9 cm³/mol. The molecule has 24 heavy (non-hydrogen) atoms. The summed E-state index contributed by atoms with van der Waals surface area (Å²) >= 11 is 1.37. The quantitative estimate of drug-likeness (QED) is 0.895. The molecule has 126 valence electrons. The van der Waals surface area contributed by atoms with Crippen molar-refractivity contribution in [3.05, 3.63) is 46.5 Å². The fraction of sp³-hybridized carbons (Fsp3) is 0.312. The van der Waals surface area contributed by atoms with Crippen LogP contribution in [0.15, 0.2) is 30.3 Å². The van der Waals surface area contributed by atoms with Gasteiger partial charge in [-0.05, 0) is 5.56 Å². The van der Waals surface area contributed by atoms with Crippen LogP contribution in [0.25, 0.3) is 0 Å². The lowest BCUT2D eigenvalue weighted by Crippen LogP contribution is -2.42. The summed E-state index contributed by atoms with van der Waals surface area (Å²) in [5.41, 5.74) is 1.99. The highest BCUT2D eigenvalue weighted by Gasteiger charge is 2.24. The monoisotopic (exact) mass is 346 g/mol. The Hall–Kier alpha value is -2.61. The molecule has 1 aromatic carbocycles. The summed E-state index contributed by atoms with van der Waals surface area (Å²) in [5, 5.41) is 5.99. The molecule has 3 amide bonds. The maximum absolute atomic E-state index is 12.3. The number of carbonyl (C=O) groups excluding carboxylic acids is 2. The number of nitrogens with zero attached hydrogens (tertiary/aromatic N) is 2. The minimum Gasteiger partial charge on any atom is -0.453 e. The molecule has 0 saturated heterocycles. The van der Waals surface area contributed by atoms with Gasteiger partial charge in [-0.2, -0.15) is 0 Å². The Kier molecular flexibility index (Phi) is 4.95. The minimum atomic E-state index is -0.543. The first-order chi connectivity index (χ1) is 11.7. The first-order valence-corrected chi connectivity index (χ1v) is 8.37. The van der Waals surface area contributed by atoms with E-state index in [1.54, 1.807) is 4.90 Å². The molecule has 0 bridgehead atoms. The number of fused-ring (bicyclic) bond motifs is 1. The van der Waals surface area contributed by atoms with Gasteiger partial charge in [-0.3, -0.25) is 5.32 Å². The highest BCUT2D eigenvalue weighted by molar-refractivity contribution is 7.15. The normalized spacial score (nSPS) is 13.1. The van der Waals surface area contributed by atoms with Crippen molar-refractivity contribution in [3.63, 3.8) is 0 Å². The van der Waals surface area contributed by atoms with Gasteiger partial charge in [0.2, 0.25) is 0 Å². The van der Waals surface area contributed by atoms with E-state index < -0.39 is 6.09 Å². The minimum absolute atomic E-state index is 0.0969. The number of methoxy groups -OCH3 is 1. The number of benzene rings is 1. The Morgan fingerprint density at radius 1 is 1.33 bits per heavy atom. The number of aromatic nitrogens is 1. The molecule has 2 N–H and O–H groups in total. The summed E-state index contributed by atoms with van der Waals surface area (Å²) in [6, 6.07) is 9.69. The molecule has 1 aliphatic heterocycles. The van der Waals surface area contributed by atoms with Crippen LogP contribution in [0.5, 0.6) is 0 Å². The van der Waals surface area contributed by atoms with Crippen LogP contribution in [0.2, 0.25) is 0 Å². The lowest BCUT2D eigenvalue weighted by molar-refractivity contribution is 0.187. The topological polar surface area (TPSA) is 83.6 Å². The average molecular weight is 346 g/mol. The molecule has 0 unspecified atom stereocenters. The van der Waals surface area contributed by atoms with Crippen molar-refractivity contribution >= 4 is 28.6 Å². The number of amides is 3. The van der Waals surface area contributed by atoms with Crippen LogP contribution in [0, 0.1) is 0 Å². The van der Waals surface area contributed by atoms with Gasteiger partial charge in [0, 0.05) is 24.4 Å². The maximum atomic E-state index is 12.3. The Morgan fingerprint density at radius 2 is 2.12 bits per heavy atom. The Bertz CT molecular complexity index is 732. The third-order valence-electron chi connectivity index (χ3n) is 3.70. The van der Waals surface area contributed by atoms with Crippen molar-refractivity contribution in [2.24, 2.45) is 0 Å². The Morgan fingerprint density at radius 3 is 2.88 bits per heavy atom. The third kappa shape index (κ3) is 3.83. The molecule has 0 radical (unpaired) electrons. The van der Waals surface area contributed by atoms with Crippen molar-refractivity contribution in [2.75, 3.05) is 19.0 Å². The number of urea groups is 1. The number of hydrogen-bond donors (Lipinski definition) is 2. The van der Waals surface area contributed by atoms with Crippen molar-refractivity contribution < 1.29 is 14.3 Å². The zero-order valence-corrected chi connectivity index (χ0v) is 14.1. The smallest absolute Gasteiger partial charge is 0.413 e. The van der Waals surface area contributed by atoms with E-state index in [-0.39, 0.29) is 6.03 Å². The Balaban J connectivity index is 1.58. The molecular weight excluding hydrogens is 328 g/mol. The van der Waals surface area contributed by atoms with E-state index >= 15 is 0 Å². The van der Waals surface area contributed by atoms with Crippen LogP contribution < -0.4 is 10.6 Å². The highest BCUT2D eigenvalue weighted by Crippen LogP contribution is 2.28. The van der Waals surface area contributed by atoms with Gasteiger partial charge in [0.05, 0.1) is 19.3 Å². The van der Waals surface area contributed by atoms with Gasteiger partial charge >= 0.3 is 12.1 Å². The van der Waals surface area contributed by atoms with E-state index in [2.05, 4.69) is 20.4 Å². The van der Waals surface area contributed by atoms with Crippen LogP contribution in [0.4, 0.5) is 14.7 Å². The molecule has 0 spiro atoms. The number of hydrogen-bond acceptors (Lipinski definition) is 5. The summed E-state index contributed by atoms with van der Waals surface area (Å²) < 4.78 is 4.56. The second-order valence-electron chi connectivity index (χ2n) is 5.32. The van der Waals surface area contributed by atoms with Crippen LogP contribution in [0.1, 0.15) is 16.1 Å². The first kappa shape index (κ1) is 16.3. The van der Waals surface area contributed by atoms with Crippen LogP contribution in [-0.4, -0.2) is 35.7 Å². The Labute approximate surface area is 143 Å². The molecule has 0 atom stereocenters. The first-order valence-electron chi connectivity index (χ1n) is 7.56. The predicted octanol–water partition coefficient (Wildman–Crippen LogP) is 2.59. The van der Waals surface area contributed by atoms with E-state index in [0.29, 0.717) is 31.2 Å². The number of rotatable bonds is 3. The third-order valence-corrected chi connectivity index (χ3v) is 4.70. The highest BCUT2D eigenvalue weighted by atomic mass is 32.1. The molecule has 8 heteroatoms. The van der Waals surface area contributed by atoms with Gasteiger partial charge < -0.3 is 15.0 Å². The van der Waals surface area contributed by atoms with E-state index in [0.717, 1.165) is 16.1 Å². The fourth-order valence-corrected chi connectivity index (χ4v) is 3.46. The summed E-state index contributed by atoms with van der Waals surface area (Å²) in [6.45, 7) is 1.60. The number of nitrogens with one attached hydrogen (secondary N) is 2. The maximum Gasteiger partial charge on any atom is 0.413 e. The largest absolute Gasteiger partial charge is 0.453 e. The summed E-state index contributed by atoms with van der Waals surface area (Å²) in [4.78, 5) is 30.7. The molecule has 7 nitrogen and oxygen atoms in total. The van der Waals surface area contributed by atoms with E-state index in [4.69, 9.17) is 0 Å². The molecule has 1 aliphatic rings. The van der Waals surface area contributed by atoms with Gasteiger partial charge in [-0.1, -0.05) is 41.7 Å². The summed E-state index contributed by atoms with van der Waals surface area (Å²) in [7, 11) is 1.31. The lowest BCUT2D eigenvalue weighted by Gasteiger charge is -2.26. The van der Waals surface area contributed by atoms with E-state index in [9.17, 15) is 9.59 Å². The SMILES string of the molecule is COC(=O)Nc1nc2c(s1)CN(C(=O)NCc1ccccc1)CC2. The van der Waals surface area contributed by atoms with Crippen LogP contribution in [0.3, 0.4) is 0 Å². The standard InChI is InChI=1S/C16H18N4O3S/c1-23-16(22)19-14-18-12-7-8-20(10-13(12)24-14)15(21)17-9-11-5-3-2-4-6-11/h2-6H,7-10H2,1H3,(H,17,21)(H,18,19,22). The molecule has 3 rings (SSSR count). The van der Waals surface area contributed by atoms with Crippen molar-refractivity contribution in [2.45, 2.75) is 19.5 Å². The van der Waals surface area contributed by atoms with Gasteiger partial charge in [0.1, 0.15) is 0 Å². The van der Waals surface area contributed by atoms with Crippen molar-refractivity contribution in [1.82, 2.24) is 15.2 Å². The molecule has 0 aliphatic carbocycles. The van der Waals surface area contributed by atoms with Crippen molar-refractivity contribution in [1.29, 1.82) is 0 Å².